The van der Waals surface area contributed by atoms with Crippen LogP contribution in [-0.2, 0) is 4.79 Å². The maximum Gasteiger partial charge on any atom is 0.256 e. The molecule has 0 radical (unpaired) electrons. The van der Waals surface area contributed by atoms with Crippen molar-refractivity contribution in [1.82, 2.24) is 10.2 Å². The Balaban J connectivity index is 1.88. The molecule has 2 amide bonds. The minimum Gasteiger partial charge on any atom is -0.356 e. The number of carbonyl (C=O) groups excluding carboxylic acids is 2. The standard InChI is InChI=1S/C17H22F2N2O2/c1-2-3-8-20-16(22)12-6-9-21(10-7-12)17(23)14-5-4-13(18)11-15(14)19/h4-5,11-12H,2-3,6-10H2,1H3,(H,20,22). The van der Waals surface area contributed by atoms with Gasteiger partial charge in [0.15, 0.2) is 0 Å². The second-order valence-electron chi connectivity index (χ2n) is 5.84. The topological polar surface area (TPSA) is 49.4 Å². The molecule has 0 unspecified atom stereocenters. The van der Waals surface area contributed by atoms with Crippen molar-refractivity contribution in [2.24, 2.45) is 5.92 Å². The third-order valence-electron chi connectivity index (χ3n) is 4.14. The van der Waals surface area contributed by atoms with E-state index < -0.39 is 17.5 Å². The fourth-order valence-corrected chi connectivity index (χ4v) is 2.71. The molecule has 1 saturated heterocycles. The maximum absolute atomic E-state index is 13.7. The van der Waals surface area contributed by atoms with Gasteiger partial charge in [0.2, 0.25) is 5.91 Å². The zero-order chi connectivity index (χ0) is 16.8. The maximum atomic E-state index is 13.7. The van der Waals surface area contributed by atoms with Crippen molar-refractivity contribution in [2.45, 2.75) is 32.6 Å². The van der Waals surface area contributed by atoms with Crippen LogP contribution < -0.4 is 5.32 Å². The number of amides is 2. The van der Waals surface area contributed by atoms with Gasteiger partial charge in [0.25, 0.3) is 5.91 Å². The van der Waals surface area contributed by atoms with E-state index in [1.807, 2.05) is 0 Å². The minimum absolute atomic E-state index is 0.0264. The van der Waals surface area contributed by atoms with Crippen LogP contribution in [0.2, 0.25) is 0 Å². The van der Waals surface area contributed by atoms with Crippen molar-refractivity contribution in [3.63, 3.8) is 0 Å². The van der Waals surface area contributed by atoms with Gasteiger partial charge in [-0.15, -0.1) is 0 Å². The van der Waals surface area contributed by atoms with Crippen LogP contribution in [0.1, 0.15) is 43.0 Å². The first-order valence-electron chi connectivity index (χ1n) is 8.05. The number of benzene rings is 1. The number of rotatable bonds is 5. The van der Waals surface area contributed by atoms with Crippen LogP contribution in [0, 0.1) is 17.6 Å². The molecule has 0 aromatic heterocycles. The summed E-state index contributed by atoms with van der Waals surface area (Å²) in [6, 6.07) is 2.95. The second kappa shape index (κ2) is 8.04. The van der Waals surface area contributed by atoms with Gasteiger partial charge in [0, 0.05) is 31.6 Å². The van der Waals surface area contributed by atoms with Gasteiger partial charge in [0.05, 0.1) is 5.56 Å². The number of carbonyl (C=O) groups is 2. The molecule has 1 aromatic rings. The fourth-order valence-electron chi connectivity index (χ4n) is 2.71. The molecule has 23 heavy (non-hydrogen) atoms. The molecule has 1 heterocycles. The van der Waals surface area contributed by atoms with E-state index in [9.17, 15) is 18.4 Å². The summed E-state index contributed by atoms with van der Waals surface area (Å²) < 4.78 is 26.6. The number of nitrogens with zero attached hydrogens (tertiary/aromatic N) is 1. The van der Waals surface area contributed by atoms with E-state index in [0.29, 0.717) is 38.5 Å². The van der Waals surface area contributed by atoms with Crippen molar-refractivity contribution in [1.29, 1.82) is 0 Å². The average molecular weight is 324 g/mol. The van der Waals surface area contributed by atoms with E-state index in [1.165, 1.54) is 4.90 Å². The van der Waals surface area contributed by atoms with E-state index in [0.717, 1.165) is 25.0 Å². The molecule has 0 spiro atoms. The molecular weight excluding hydrogens is 302 g/mol. The van der Waals surface area contributed by atoms with E-state index >= 15 is 0 Å². The number of unbranched alkanes of at least 4 members (excludes halogenated alkanes) is 1. The number of nitrogens with one attached hydrogen (secondary N) is 1. The van der Waals surface area contributed by atoms with Gasteiger partial charge in [-0.1, -0.05) is 13.3 Å². The van der Waals surface area contributed by atoms with Gasteiger partial charge in [-0.25, -0.2) is 8.78 Å². The Kier molecular flexibility index (Phi) is 6.07. The average Bonchev–Trinajstić information content (AvgIpc) is 2.54. The first-order chi connectivity index (χ1) is 11.0. The molecule has 0 aliphatic carbocycles. The first-order valence-corrected chi connectivity index (χ1v) is 8.05. The van der Waals surface area contributed by atoms with Gasteiger partial charge in [0.1, 0.15) is 11.6 Å². The molecule has 1 aliphatic rings. The number of likely N-dealkylation sites (tertiary alicyclic amines) is 1. The summed E-state index contributed by atoms with van der Waals surface area (Å²) in [6.07, 6.45) is 3.10. The van der Waals surface area contributed by atoms with E-state index in [-0.39, 0.29) is 17.4 Å². The van der Waals surface area contributed by atoms with Crippen LogP contribution in [0.25, 0.3) is 0 Å². The monoisotopic (exact) mass is 324 g/mol. The normalized spacial score (nSPS) is 15.5. The smallest absolute Gasteiger partial charge is 0.256 e. The van der Waals surface area contributed by atoms with Crippen LogP contribution in [0.4, 0.5) is 8.78 Å². The van der Waals surface area contributed by atoms with Crippen molar-refractivity contribution in [2.75, 3.05) is 19.6 Å². The Morgan fingerprint density at radius 1 is 1.26 bits per heavy atom. The third kappa shape index (κ3) is 4.50. The Labute approximate surface area is 134 Å². The van der Waals surface area contributed by atoms with Gasteiger partial charge < -0.3 is 10.2 Å². The SMILES string of the molecule is CCCCNC(=O)C1CCN(C(=O)c2ccc(F)cc2F)CC1. The van der Waals surface area contributed by atoms with Crippen LogP contribution in [-0.4, -0.2) is 36.3 Å². The zero-order valence-corrected chi connectivity index (χ0v) is 13.3. The summed E-state index contributed by atoms with van der Waals surface area (Å²) in [5, 5.41) is 2.90. The summed E-state index contributed by atoms with van der Waals surface area (Å²) in [7, 11) is 0. The summed E-state index contributed by atoms with van der Waals surface area (Å²) in [6.45, 7) is 3.54. The number of hydrogen-bond donors (Lipinski definition) is 1. The Hall–Kier alpha value is -1.98. The molecule has 4 nitrogen and oxygen atoms in total. The van der Waals surface area contributed by atoms with Crippen LogP contribution in [0.3, 0.4) is 0 Å². The van der Waals surface area contributed by atoms with Gasteiger partial charge >= 0.3 is 0 Å². The molecular formula is C17H22F2N2O2. The third-order valence-corrected chi connectivity index (χ3v) is 4.14. The highest BCUT2D eigenvalue weighted by atomic mass is 19.1. The lowest BCUT2D eigenvalue weighted by molar-refractivity contribution is -0.126. The molecule has 126 valence electrons. The zero-order valence-electron chi connectivity index (χ0n) is 13.3. The van der Waals surface area contributed by atoms with Crippen LogP contribution in [0.5, 0.6) is 0 Å². The summed E-state index contributed by atoms with van der Waals surface area (Å²) in [5.74, 6) is -2.09. The van der Waals surface area contributed by atoms with Crippen molar-refractivity contribution in [3.8, 4) is 0 Å². The largest absolute Gasteiger partial charge is 0.356 e. The number of hydrogen-bond acceptors (Lipinski definition) is 2. The van der Waals surface area contributed by atoms with Crippen molar-refractivity contribution in [3.05, 3.63) is 35.4 Å². The highest BCUT2D eigenvalue weighted by Crippen LogP contribution is 2.20. The summed E-state index contributed by atoms with van der Waals surface area (Å²) in [5.41, 5.74) is -0.128. The van der Waals surface area contributed by atoms with Crippen LogP contribution >= 0.6 is 0 Å². The molecule has 1 N–H and O–H groups in total. The van der Waals surface area contributed by atoms with Gasteiger partial charge in [-0.2, -0.15) is 0 Å². The molecule has 1 aromatic carbocycles. The summed E-state index contributed by atoms with van der Waals surface area (Å²) in [4.78, 5) is 25.8. The van der Waals surface area contributed by atoms with Gasteiger partial charge in [-0.05, 0) is 31.4 Å². The Bertz CT molecular complexity index is 570. The predicted molar refractivity (Wildman–Crippen MR) is 82.9 cm³/mol. The molecule has 1 aliphatic heterocycles. The Morgan fingerprint density at radius 3 is 2.57 bits per heavy atom. The lowest BCUT2D eigenvalue weighted by Gasteiger charge is -2.31. The van der Waals surface area contributed by atoms with E-state index in [4.69, 9.17) is 0 Å². The van der Waals surface area contributed by atoms with Crippen LogP contribution in [0.15, 0.2) is 18.2 Å². The Morgan fingerprint density at radius 2 is 1.96 bits per heavy atom. The molecule has 2 rings (SSSR count). The van der Waals surface area contributed by atoms with E-state index in [2.05, 4.69) is 12.2 Å². The summed E-state index contributed by atoms with van der Waals surface area (Å²) >= 11 is 0. The fraction of sp³-hybridized carbons (Fsp3) is 0.529. The van der Waals surface area contributed by atoms with Crippen molar-refractivity contribution >= 4 is 11.8 Å². The van der Waals surface area contributed by atoms with E-state index in [1.54, 1.807) is 0 Å². The van der Waals surface area contributed by atoms with Crippen molar-refractivity contribution < 1.29 is 18.4 Å². The molecule has 0 atom stereocenters. The molecule has 1 fully saturated rings. The molecule has 0 bridgehead atoms. The molecule has 0 saturated carbocycles. The quantitative estimate of drug-likeness (QED) is 0.847. The minimum atomic E-state index is -0.852. The second-order valence-corrected chi connectivity index (χ2v) is 5.84. The van der Waals surface area contributed by atoms with Gasteiger partial charge in [-0.3, -0.25) is 9.59 Å². The molecule has 6 heteroatoms. The first kappa shape index (κ1) is 17.4. The number of halogens is 2. The predicted octanol–water partition coefficient (Wildman–Crippen LogP) is 2.73. The highest BCUT2D eigenvalue weighted by molar-refractivity contribution is 5.94. The highest BCUT2D eigenvalue weighted by Gasteiger charge is 2.28. The lowest BCUT2D eigenvalue weighted by Crippen LogP contribution is -2.43. The number of piperidine rings is 1. The lowest BCUT2D eigenvalue weighted by atomic mass is 9.95.